The van der Waals surface area contributed by atoms with Crippen molar-refractivity contribution in [1.82, 2.24) is 0 Å². The minimum atomic E-state index is -1.11. The van der Waals surface area contributed by atoms with Crippen molar-refractivity contribution < 1.29 is 19.5 Å². The molecule has 0 aromatic rings. The molecule has 0 aromatic heterocycles. The topological polar surface area (TPSA) is 60.4 Å². The molecule has 0 heterocycles. The molecule has 0 aromatic carbocycles. The van der Waals surface area contributed by atoms with Crippen molar-refractivity contribution in [2.24, 2.45) is 5.92 Å². The van der Waals surface area contributed by atoms with Gasteiger partial charge in [0.05, 0.1) is 33.3 Å². The second kappa shape index (κ2) is 20.3. The maximum atomic E-state index is 11.2. The zero-order valence-corrected chi connectivity index (χ0v) is 20.6. The van der Waals surface area contributed by atoms with E-state index in [1.54, 1.807) is 0 Å². The Morgan fingerprint density at radius 1 is 0.700 bits per heavy atom. The van der Waals surface area contributed by atoms with Crippen LogP contribution in [0.3, 0.4) is 0 Å². The number of rotatable bonds is 23. The zero-order valence-electron chi connectivity index (χ0n) is 20.6. The summed E-state index contributed by atoms with van der Waals surface area (Å²) in [5.41, 5.74) is 0. The van der Waals surface area contributed by atoms with E-state index in [9.17, 15) is 15.0 Å². The average Bonchev–Trinajstić information content (AvgIpc) is 2.72. The molecule has 0 saturated heterocycles. The van der Waals surface area contributed by atoms with Crippen LogP contribution >= 0.6 is 0 Å². The van der Waals surface area contributed by atoms with Crippen LogP contribution in [0, 0.1) is 5.92 Å². The molecule has 0 amide bonds. The third kappa shape index (κ3) is 17.1. The molecule has 0 fully saturated rings. The molecule has 0 bridgehead atoms. The van der Waals surface area contributed by atoms with Crippen molar-refractivity contribution >= 4 is 5.97 Å². The number of hydrogen-bond acceptors (Lipinski definition) is 3. The van der Waals surface area contributed by atoms with Gasteiger partial charge in [0.1, 0.15) is 0 Å². The standard InChI is InChI=1S/C26H53NO3/c1-4-6-8-10-12-14-16-18-21-27(3,23-20-25(24-28)26(29)30)22-19-17-15-13-11-9-7-5-2/h25,28H,4-24H2,1-3H3. The van der Waals surface area contributed by atoms with Crippen molar-refractivity contribution in [3.05, 3.63) is 0 Å². The minimum absolute atomic E-state index is 0.308. The summed E-state index contributed by atoms with van der Waals surface area (Å²) in [4.78, 5) is 11.2. The van der Waals surface area contributed by atoms with E-state index >= 15 is 0 Å². The van der Waals surface area contributed by atoms with Crippen LogP contribution < -0.4 is 5.11 Å². The highest BCUT2D eigenvalue weighted by molar-refractivity contribution is 5.67. The van der Waals surface area contributed by atoms with E-state index in [0.717, 1.165) is 24.1 Å². The Morgan fingerprint density at radius 3 is 1.40 bits per heavy atom. The fourth-order valence-electron chi connectivity index (χ4n) is 4.34. The van der Waals surface area contributed by atoms with Gasteiger partial charge in [-0.1, -0.05) is 90.9 Å². The van der Waals surface area contributed by atoms with Gasteiger partial charge in [-0.15, -0.1) is 0 Å². The molecule has 1 unspecified atom stereocenters. The maximum absolute atomic E-state index is 11.2. The summed E-state index contributed by atoms with van der Waals surface area (Å²) in [6, 6.07) is 0. The number of aliphatic hydroxyl groups is 1. The molecule has 180 valence electrons. The van der Waals surface area contributed by atoms with Crippen LogP contribution in [0.15, 0.2) is 0 Å². The lowest BCUT2D eigenvalue weighted by Crippen LogP contribution is -2.48. The molecule has 0 rings (SSSR count). The Balaban J connectivity index is 4.25. The summed E-state index contributed by atoms with van der Waals surface area (Å²) >= 11 is 0. The number of aliphatic carboxylic acids is 1. The van der Waals surface area contributed by atoms with E-state index in [4.69, 9.17) is 0 Å². The minimum Gasteiger partial charge on any atom is -0.550 e. The molecule has 0 radical (unpaired) electrons. The van der Waals surface area contributed by atoms with Crippen LogP contribution in [-0.4, -0.2) is 48.8 Å². The fraction of sp³-hybridized carbons (Fsp3) is 0.962. The first-order valence-electron chi connectivity index (χ1n) is 13.1. The highest BCUT2D eigenvalue weighted by Crippen LogP contribution is 2.17. The lowest BCUT2D eigenvalue weighted by Gasteiger charge is -2.36. The Morgan fingerprint density at radius 2 is 1.07 bits per heavy atom. The van der Waals surface area contributed by atoms with Gasteiger partial charge in [-0.05, 0) is 25.7 Å². The van der Waals surface area contributed by atoms with Crippen molar-refractivity contribution in [3.8, 4) is 0 Å². The third-order valence-electron chi connectivity index (χ3n) is 6.67. The number of carbonyl (C=O) groups is 1. The number of carboxylic acids is 1. The number of hydrogen-bond donors (Lipinski definition) is 1. The van der Waals surface area contributed by atoms with E-state index < -0.39 is 11.9 Å². The van der Waals surface area contributed by atoms with E-state index in [0.29, 0.717) is 6.42 Å². The molecule has 0 spiro atoms. The van der Waals surface area contributed by atoms with Crippen molar-refractivity contribution in [2.45, 2.75) is 123 Å². The van der Waals surface area contributed by atoms with E-state index in [2.05, 4.69) is 20.9 Å². The van der Waals surface area contributed by atoms with Gasteiger partial charge in [-0.2, -0.15) is 0 Å². The third-order valence-corrected chi connectivity index (χ3v) is 6.67. The first kappa shape index (κ1) is 29.4. The smallest absolute Gasteiger partial charge is 0.0791 e. The summed E-state index contributed by atoms with van der Waals surface area (Å²) < 4.78 is 0.940. The molecule has 1 atom stereocenters. The largest absolute Gasteiger partial charge is 0.550 e. The number of nitrogens with zero attached hydrogens (tertiary/aromatic N) is 1. The van der Waals surface area contributed by atoms with Crippen LogP contribution in [0.4, 0.5) is 0 Å². The number of aliphatic hydroxyl groups excluding tert-OH is 1. The molecule has 4 heteroatoms. The van der Waals surface area contributed by atoms with Crippen LogP contribution in [-0.2, 0) is 4.79 Å². The zero-order chi connectivity index (χ0) is 22.5. The first-order chi connectivity index (χ1) is 14.5. The van der Waals surface area contributed by atoms with Crippen molar-refractivity contribution in [2.75, 3.05) is 33.3 Å². The first-order valence-corrected chi connectivity index (χ1v) is 13.1. The van der Waals surface area contributed by atoms with Gasteiger partial charge in [0.2, 0.25) is 0 Å². The van der Waals surface area contributed by atoms with Gasteiger partial charge in [0.25, 0.3) is 0 Å². The quantitative estimate of drug-likeness (QED) is 0.174. The van der Waals surface area contributed by atoms with Gasteiger partial charge in [-0.3, -0.25) is 0 Å². The van der Waals surface area contributed by atoms with Crippen LogP contribution in [0.25, 0.3) is 0 Å². The summed E-state index contributed by atoms with van der Waals surface area (Å²) in [5, 5.41) is 20.5. The summed E-state index contributed by atoms with van der Waals surface area (Å²) in [6.07, 6.45) is 21.6. The molecular formula is C26H53NO3. The lowest BCUT2D eigenvalue weighted by atomic mass is 10.0. The molecular weight excluding hydrogens is 374 g/mol. The van der Waals surface area contributed by atoms with Crippen LogP contribution in [0.1, 0.15) is 123 Å². The van der Waals surface area contributed by atoms with E-state index in [-0.39, 0.29) is 6.61 Å². The second-order valence-corrected chi connectivity index (χ2v) is 9.73. The fourth-order valence-corrected chi connectivity index (χ4v) is 4.34. The Hall–Kier alpha value is -0.610. The average molecular weight is 428 g/mol. The number of carboxylic acid groups (broad SMARTS) is 1. The van der Waals surface area contributed by atoms with E-state index in [1.807, 2.05) is 0 Å². The van der Waals surface area contributed by atoms with Crippen LogP contribution in [0.5, 0.6) is 0 Å². The van der Waals surface area contributed by atoms with Gasteiger partial charge < -0.3 is 19.5 Å². The molecule has 0 aliphatic heterocycles. The molecule has 0 aliphatic rings. The van der Waals surface area contributed by atoms with Crippen molar-refractivity contribution in [3.63, 3.8) is 0 Å². The monoisotopic (exact) mass is 427 g/mol. The Bertz CT molecular complexity index is 366. The Kier molecular flexibility index (Phi) is 19.9. The highest BCUT2D eigenvalue weighted by atomic mass is 16.4. The van der Waals surface area contributed by atoms with Crippen molar-refractivity contribution in [1.29, 1.82) is 0 Å². The molecule has 4 nitrogen and oxygen atoms in total. The number of quaternary nitrogens is 1. The summed E-state index contributed by atoms with van der Waals surface area (Å²) in [7, 11) is 2.28. The van der Waals surface area contributed by atoms with Gasteiger partial charge >= 0.3 is 0 Å². The predicted molar refractivity (Wildman–Crippen MR) is 126 cm³/mol. The molecule has 30 heavy (non-hydrogen) atoms. The molecule has 0 saturated carbocycles. The maximum Gasteiger partial charge on any atom is 0.0791 e. The number of carbonyl (C=O) groups excluding carboxylic acids is 1. The van der Waals surface area contributed by atoms with Gasteiger partial charge in [0.15, 0.2) is 0 Å². The van der Waals surface area contributed by atoms with Gasteiger partial charge in [-0.25, -0.2) is 0 Å². The normalized spacial score (nSPS) is 12.9. The lowest BCUT2D eigenvalue weighted by molar-refractivity contribution is -0.910. The number of unbranched alkanes of at least 4 members (excludes halogenated alkanes) is 14. The summed E-state index contributed by atoms with van der Waals surface area (Å²) in [6.45, 7) is 7.28. The Labute approximate surface area is 188 Å². The van der Waals surface area contributed by atoms with E-state index in [1.165, 1.54) is 103 Å². The summed E-state index contributed by atoms with van der Waals surface area (Å²) in [5.74, 6) is -1.83. The van der Waals surface area contributed by atoms with Crippen LogP contribution in [0.2, 0.25) is 0 Å². The van der Waals surface area contributed by atoms with Gasteiger partial charge in [0, 0.05) is 18.3 Å². The molecule has 1 N–H and O–H groups in total. The highest BCUT2D eigenvalue weighted by Gasteiger charge is 2.23. The SMILES string of the molecule is CCCCCCCCCC[N+](C)(CCCCCCCCCC)CCC(CO)C(=O)[O-]. The predicted octanol–water partition coefficient (Wildman–Crippen LogP) is 5.46. The molecule has 0 aliphatic carbocycles. The second-order valence-electron chi connectivity index (χ2n) is 9.73.